The smallest absolute Gasteiger partial charge is 0.412 e. The topological polar surface area (TPSA) is 275 Å². The number of halogens is 1. The number of likely N-dealkylation sites (tertiary alicyclic amines) is 1. The molecule has 0 radical (unpaired) electrons. The summed E-state index contributed by atoms with van der Waals surface area (Å²) >= 11 is 12.6. The number of ketones is 1. The number of imide groups is 1. The average molecular weight is 1190 g/mol. The van der Waals surface area contributed by atoms with Gasteiger partial charge in [0.2, 0.25) is 23.6 Å². The maximum absolute atomic E-state index is 14.5. The molecule has 3 fully saturated rings. The van der Waals surface area contributed by atoms with E-state index in [-0.39, 0.29) is 80.0 Å². The first-order valence-electron chi connectivity index (χ1n) is 28.2. The molecule has 0 spiro atoms. The first-order valence-corrected chi connectivity index (χ1v) is 29.0. The minimum Gasteiger partial charge on any atom is -0.495 e. The van der Waals surface area contributed by atoms with Gasteiger partial charge in [0.1, 0.15) is 40.3 Å². The minimum absolute atomic E-state index is 0.00765. The molecule has 6 N–H and O–H groups in total. The Hall–Kier alpha value is -6.52. The van der Waals surface area contributed by atoms with Gasteiger partial charge in [-0.15, -0.1) is 0 Å². The number of hydrogen-bond donors (Lipinski definition) is 5. The number of allylic oxidation sites excluding steroid dienone is 3. The number of Topliss-reactive ketones (excluding diaryl/α,β-unsaturated/α-hetero) is 1. The number of nitrogens with zero attached hydrogens (tertiary/aromatic N) is 2. The van der Waals surface area contributed by atoms with Crippen LogP contribution in [0.25, 0.3) is 0 Å². The summed E-state index contributed by atoms with van der Waals surface area (Å²) in [5.74, 6) is -3.38. The van der Waals surface area contributed by atoms with Crippen molar-refractivity contribution in [3.63, 3.8) is 0 Å². The molecule has 6 rings (SSSR count). The van der Waals surface area contributed by atoms with Gasteiger partial charge in [-0.2, -0.15) is 0 Å². The molecule has 7 amide bonds. The Labute approximate surface area is 496 Å². The third-order valence-electron chi connectivity index (χ3n) is 16.2. The van der Waals surface area contributed by atoms with Crippen molar-refractivity contribution in [3.8, 4) is 5.75 Å². The molecule has 0 saturated carbocycles. The molecule has 22 heteroatoms. The quantitative estimate of drug-likeness (QED) is 0.0187. The molecule has 2 aromatic rings. The zero-order chi connectivity index (χ0) is 61.1. The number of nitrogens with two attached hydrogens (primary N) is 1. The van der Waals surface area contributed by atoms with Crippen molar-refractivity contribution in [1.82, 2.24) is 15.5 Å². The number of anilines is 2. The standard InChI is InChI=1S/C61H81ClN6O14S/c1-34(2)42(30-41(83)17-12-11-13-23-68-52(71)26-37(5)57(68)74)56(73)65-44(18-15-22-64-58(63)75)46(69)28-39-20-21-43(36(4)25-39)66-59(76)81-50-31-51(70)67(8)45-27-40(29-47(78-9)54(45)62)24-35(3)16-14-19-49(79-10)61(77)32-48(80-53(72)33-61)38(6)55-60(50,7)82-55/h14,16,19-21,25,27,29,37-38,42,44,48-50,55,77H,1,11-13,15,17-18,22-24,26,28,30-33H2,2-10H3,(H,65,73)(H,66,76)(H3,63,64,75)/b19-14+,35-16+/t37?,38-,42+,44+,48+,49-,50+,55+,60+,61-/m1/s1. The number of esters is 1. The number of urea groups is 1. The van der Waals surface area contributed by atoms with E-state index in [1.54, 1.807) is 84.2 Å². The number of methoxy groups -OCH3 is 2. The lowest BCUT2D eigenvalue weighted by molar-refractivity contribution is -0.187. The predicted molar refractivity (Wildman–Crippen MR) is 317 cm³/mol. The van der Waals surface area contributed by atoms with Crippen LogP contribution < -0.4 is 31.3 Å². The predicted octanol–water partition coefficient (Wildman–Crippen LogP) is 7.88. The van der Waals surface area contributed by atoms with Crippen molar-refractivity contribution in [3.05, 3.63) is 88.0 Å². The van der Waals surface area contributed by atoms with E-state index in [1.165, 1.54) is 24.0 Å². The monoisotopic (exact) mass is 1190 g/mol. The second kappa shape index (κ2) is 28.8. The average Bonchev–Trinajstić information content (AvgIpc) is 2.15. The molecule has 0 aromatic heterocycles. The lowest BCUT2D eigenvalue weighted by Crippen LogP contribution is -2.53. The van der Waals surface area contributed by atoms with Gasteiger partial charge in [0.25, 0.3) is 0 Å². The van der Waals surface area contributed by atoms with Crippen molar-refractivity contribution in [2.24, 2.45) is 23.5 Å². The molecule has 4 heterocycles. The van der Waals surface area contributed by atoms with Gasteiger partial charge in [-0.25, -0.2) is 9.59 Å². The number of nitrogens with one attached hydrogen (secondary N) is 3. The third-order valence-corrected chi connectivity index (χ3v) is 16.9. The van der Waals surface area contributed by atoms with Crippen LogP contribution >= 0.6 is 23.8 Å². The van der Waals surface area contributed by atoms with Crippen LogP contribution in [0.1, 0.15) is 122 Å². The van der Waals surface area contributed by atoms with Crippen molar-refractivity contribution in [2.45, 2.75) is 167 Å². The first-order chi connectivity index (χ1) is 39.2. The van der Waals surface area contributed by atoms with E-state index in [0.717, 1.165) is 17.6 Å². The molecule has 3 saturated heterocycles. The van der Waals surface area contributed by atoms with E-state index < -0.39 is 83.4 Å². The van der Waals surface area contributed by atoms with Gasteiger partial charge >= 0.3 is 18.1 Å². The normalized spacial score (nSPS) is 26.3. The van der Waals surface area contributed by atoms with Crippen molar-refractivity contribution in [1.29, 1.82) is 0 Å². The number of thiocarbonyl (C=S) groups is 1. The number of epoxide rings is 1. The van der Waals surface area contributed by atoms with Gasteiger partial charge in [0.15, 0.2) is 5.78 Å². The van der Waals surface area contributed by atoms with Crippen LogP contribution in [0.2, 0.25) is 5.02 Å². The highest BCUT2D eigenvalue weighted by atomic mass is 35.5. The van der Waals surface area contributed by atoms with E-state index in [0.29, 0.717) is 77.3 Å². The lowest BCUT2D eigenvalue weighted by atomic mass is 9.78. The SMILES string of the molecule is C=C(C)[C@H](CC(=S)CCCCCN1C(=O)CC(C)C1=O)C(=O)N[C@@H](CCCNC(N)=O)C(=O)Cc1ccc(NC(=O)O[C@H]2CC(=O)N(C)c3cc(cc(OC)c3Cl)C/C(C)=C/C=C/[C@@H](OC)[C@]3(O)CC(=O)O[C@@H](C3)[C@@H](C)[C@@H]3O[C@@]23C)c(C)c1. The first kappa shape index (κ1) is 65.6. The molecule has 4 bridgehead atoms. The largest absolute Gasteiger partial charge is 0.495 e. The Morgan fingerprint density at radius 3 is 2.41 bits per heavy atom. The van der Waals surface area contributed by atoms with Gasteiger partial charge in [-0.1, -0.05) is 92.2 Å². The van der Waals surface area contributed by atoms with Crippen LogP contribution in [-0.4, -0.2) is 138 Å². The molecular weight excluding hydrogens is 1110 g/mol. The zero-order valence-corrected chi connectivity index (χ0v) is 50.6. The Balaban J connectivity index is 1.16. The molecule has 0 aliphatic carbocycles. The van der Waals surface area contributed by atoms with Crippen molar-refractivity contribution >= 4 is 87.6 Å². The molecule has 20 nitrogen and oxygen atoms in total. The number of hydrogen-bond acceptors (Lipinski definition) is 15. The highest BCUT2D eigenvalue weighted by molar-refractivity contribution is 7.80. The van der Waals surface area contributed by atoms with Gasteiger partial charge in [0, 0.05) is 64.0 Å². The Kier molecular flexibility index (Phi) is 22.8. The summed E-state index contributed by atoms with van der Waals surface area (Å²) in [7, 11) is 4.49. The number of ether oxygens (including phenoxy) is 5. The van der Waals surface area contributed by atoms with E-state index in [9.17, 15) is 43.5 Å². The highest BCUT2D eigenvalue weighted by Crippen LogP contribution is 2.50. The van der Waals surface area contributed by atoms with Crippen molar-refractivity contribution < 1.29 is 67.1 Å². The second-order valence-corrected chi connectivity index (χ2v) is 23.8. The fourth-order valence-electron chi connectivity index (χ4n) is 11.2. The summed E-state index contributed by atoms with van der Waals surface area (Å²) in [6, 6.07) is 6.85. The Morgan fingerprint density at radius 1 is 1.02 bits per heavy atom. The zero-order valence-electron chi connectivity index (χ0n) is 49.1. The number of amides is 7. The van der Waals surface area contributed by atoms with Crippen LogP contribution in [-0.2, 0) is 60.6 Å². The summed E-state index contributed by atoms with van der Waals surface area (Å²) in [5, 5.41) is 20.4. The summed E-state index contributed by atoms with van der Waals surface area (Å²) in [6.07, 6.45) is 3.96. The maximum atomic E-state index is 14.5. The van der Waals surface area contributed by atoms with Crippen molar-refractivity contribution in [2.75, 3.05) is 44.6 Å². The third kappa shape index (κ3) is 17.1. The molecule has 2 aromatic carbocycles. The lowest BCUT2D eigenvalue weighted by Gasteiger charge is -2.41. The van der Waals surface area contributed by atoms with Gasteiger partial charge < -0.3 is 50.1 Å². The molecule has 4 aliphatic rings. The van der Waals surface area contributed by atoms with Crippen LogP contribution in [0.3, 0.4) is 0 Å². The molecule has 1 unspecified atom stereocenters. The second-order valence-electron chi connectivity index (χ2n) is 22.9. The maximum Gasteiger partial charge on any atom is 0.412 e. The Bertz CT molecular complexity index is 2900. The molecule has 10 atom stereocenters. The number of fused-ring (bicyclic) bond motifs is 5. The van der Waals surface area contributed by atoms with E-state index >= 15 is 0 Å². The minimum atomic E-state index is -1.64. The number of carbonyl (C=O) groups excluding carboxylic acids is 8. The molecule has 83 heavy (non-hydrogen) atoms. The molecule has 452 valence electrons. The number of aryl methyl sites for hydroxylation is 1. The summed E-state index contributed by atoms with van der Waals surface area (Å²) in [4.78, 5) is 109. The molecule has 4 aliphatic heterocycles. The number of aliphatic hydroxyl groups is 1. The van der Waals surface area contributed by atoms with Gasteiger partial charge in [-0.3, -0.25) is 39.0 Å². The summed E-state index contributed by atoms with van der Waals surface area (Å²) in [6.45, 7) is 15.2. The van der Waals surface area contributed by atoms with Gasteiger partial charge in [-0.05, 0) is 112 Å². The molecular formula is C61H81ClN6O14S. The fraction of sp³-hybridized carbons (Fsp3) is 0.557. The van der Waals surface area contributed by atoms with Crippen LogP contribution in [0, 0.1) is 24.7 Å². The van der Waals surface area contributed by atoms with Crippen LogP contribution in [0.4, 0.5) is 21.0 Å². The fourth-order valence-corrected chi connectivity index (χ4v) is 11.8. The van der Waals surface area contributed by atoms with Crippen LogP contribution in [0.15, 0.2) is 66.3 Å². The highest BCUT2D eigenvalue weighted by Gasteiger charge is 2.64. The number of unbranched alkanes of at least 4 members (excludes halogenated alkanes) is 2. The van der Waals surface area contributed by atoms with Gasteiger partial charge in [0.05, 0.1) is 43.7 Å². The van der Waals surface area contributed by atoms with E-state index in [1.807, 2.05) is 13.0 Å². The number of rotatable bonds is 22. The number of primary amides is 1. The van der Waals surface area contributed by atoms with Crippen LogP contribution in [0.5, 0.6) is 5.75 Å². The number of benzene rings is 2. The number of carbonyl (C=O) groups is 8. The summed E-state index contributed by atoms with van der Waals surface area (Å²) in [5.41, 5.74) is 6.43. The van der Waals surface area contributed by atoms with E-state index in [2.05, 4.69) is 22.5 Å². The summed E-state index contributed by atoms with van der Waals surface area (Å²) < 4.78 is 29.7. The Morgan fingerprint density at radius 2 is 1.76 bits per heavy atom. The van der Waals surface area contributed by atoms with E-state index in [4.69, 9.17) is 53.2 Å².